The summed E-state index contributed by atoms with van der Waals surface area (Å²) in [5.41, 5.74) is 9.27. The van der Waals surface area contributed by atoms with Crippen LogP contribution in [-0.2, 0) is 5.41 Å². The molecule has 1 aliphatic carbocycles. The summed E-state index contributed by atoms with van der Waals surface area (Å²) in [6, 6.07) is 52.4. The van der Waals surface area contributed by atoms with Crippen LogP contribution in [0.25, 0.3) is 92.5 Å². The highest BCUT2D eigenvalue weighted by atomic mass is 15.0. The van der Waals surface area contributed by atoms with Crippen LogP contribution in [0.1, 0.15) is 25.0 Å². The Morgan fingerprint density at radius 3 is 1.89 bits per heavy atom. The molecule has 0 spiro atoms. The molecule has 214 valence electrons. The summed E-state index contributed by atoms with van der Waals surface area (Å²) in [6.45, 7) is 4.79. The Balaban J connectivity index is 1.40. The molecule has 10 aromatic rings. The molecule has 0 N–H and O–H groups in total. The lowest BCUT2D eigenvalue weighted by molar-refractivity contribution is 0.661. The second-order valence-electron chi connectivity index (χ2n) is 13.6. The standard InChI is InChI=1S/C45H29N/c1-45(2)36-21-7-5-15-30(36)43-32-19-10-17-28-29-18-11-20-33-42(29)35(34(41(28)32)24-37(43)45)25-40-44(33)31-16-6-8-22-39(31)46(40)38-23-9-13-26-12-3-4-14-27(26)38/h3-25H,1-2H3. The molecule has 0 radical (unpaired) electrons. The van der Waals surface area contributed by atoms with Crippen molar-refractivity contribution < 1.29 is 0 Å². The average molecular weight is 584 g/mol. The van der Waals surface area contributed by atoms with E-state index in [1.807, 2.05) is 0 Å². The molecule has 0 fully saturated rings. The van der Waals surface area contributed by atoms with Crippen LogP contribution < -0.4 is 0 Å². The molecular formula is C45H29N. The number of benzene rings is 9. The van der Waals surface area contributed by atoms with Gasteiger partial charge in [-0.05, 0) is 95.0 Å². The van der Waals surface area contributed by atoms with E-state index in [2.05, 4.69) is 158 Å². The first-order valence-corrected chi connectivity index (χ1v) is 16.3. The van der Waals surface area contributed by atoms with Gasteiger partial charge in [0, 0.05) is 21.6 Å². The summed E-state index contributed by atoms with van der Waals surface area (Å²) < 4.78 is 2.51. The SMILES string of the molecule is CC1(C)c2ccccc2-c2c1cc1c3cc4c(c5cccc(c6cccc2c61)c35)c1ccccc1n4-c1cccc2ccccc12. The van der Waals surface area contributed by atoms with Crippen LogP contribution in [0.3, 0.4) is 0 Å². The maximum absolute atomic E-state index is 2.54. The number of hydrogen-bond donors (Lipinski definition) is 0. The van der Waals surface area contributed by atoms with E-state index < -0.39 is 0 Å². The molecule has 11 rings (SSSR count). The zero-order chi connectivity index (χ0) is 30.3. The number of hydrogen-bond acceptors (Lipinski definition) is 0. The maximum atomic E-state index is 2.54. The molecule has 1 heteroatoms. The topological polar surface area (TPSA) is 4.93 Å². The van der Waals surface area contributed by atoms with Gasteiger partial charge in [0.15, 0.2) is 0 Å². The Morgan fingerprint density at radius 1 is 0.413 bits per heavy atom. The van der Waals surface area contributed by atoms with E-state index in [1.54, 1.807) is 0 Å². The maximum Gasteiger partial charge on any atom is 0.0554 e. The van der Waals surface area contributed by atoms with Gasteiger partial charge in [0.2, 0.25) is 0 Å². The molecule has 9 aromatic carbocycles. The van der Waals surface area contributed by atoms with Gasteiger partial charge < -0.3 is 4.57 Å². The molecule has 0 bridgehead atoms. The van der Waals surface area contributed by atoms with E-state index >= 15 is 0 Å². The van der Waals surface area contributed by atoms with Crippen molar-refractivity contribution in [2.75, 3.05) is 0 Å². The minimum atomic E-state index is -0.0787. The van der Waals surface area contributed by atoms with E-state index in [-0.39, 0.29) is 5.41 Å². The summed E-state index contributed by atoms with van der Waals surface area (Å²) in [4.78, 5) is 0. The van der Waals surface area contributed by atoms with Crippen molar-refractivity contribution in [2.24, 2.45) is 0 Å². The Kier molecular flexibility index (Phi) is 4.46. The fourth-order valence-corrected chi connectivity index (χ4v) is 9.13. The molecule has 0 amide bonds. The first-order chi connectivity index (χ1) is 22.6. The van der Waals surface area contributed by atoms with E-state index in [9.17, 15) is 0 Å². The van der Waals surface area contributed by atoms with E-state index in [4.69, 9.17) is 0 Å². The lowest BCUT2D eigenvalue weighted by Gasteiger charge is -2.23. The number of fused-ring (bicyclic) bond motifs is 11. The zero-order valence-electron chi connectivity index (χ0n) is 25.7. The monoisotopic (exact) mass is 583 g/mol. The third kappa shape index (κ3) is 2.83. The molecule has 0 unspecified atom stereocenters. The predicted molar refractivity (Wildman–Crippen MR) is 197 cm³/mol. The molecule has 46 heavy (non-hydrogen) atoms. The highest BCUT2D eigenvalue weighted by Gasteiger charge is 2.37. The number of aromatic nitrogens is 1. The van der Waals surface area contributed by atoms with Crippen molar-refractivity contribution in [3.8, 4) is 16.8 Å². The molecule has 1 heterocycles. The van der Waals surface area contributed by atoms with Crippen LogP contribution in [0, 0.1) is 0 Å². The lowest BCUT2D eigenvalue weighted by Crippen LogP contribution is -2.14. The third-order valence-corrected chi connectivity index (χ3v) is 11.1. The van der Waals surface area contributed by atoms with Crippen LogP contribution in [-0.4, -0.2) is 4.57 Å². The van der Waals surface area contributed by atoms with Gasteiger partial charge in [0.25, 0.3) is 0 Å². The Bertz CT molecular complexity index is 2930. The Hall–Kier alpha value is -5.66. The Labute approximate surface area is 266 Å². The summed E-state index contributed by atoms with van der Waals surface area (Å²) in [7, 11) is 0. The molecule has 0 saturated carbocycles. The van der Waals surface area contributed by atoms with Crippen molar-refractivity contribution in [2.45, 2.75) is 19.3 Å². The molecule has 1 nitrogen and oxygen atoms in total. The number of nitrogens with zero attached hydrogens (tertiary/aromatic N) is 1. The van der Waals surface area contributed by atoms with Gasteiger partial charge in [-0.15, -0.1) is 0 Å². The van der Waals surface area contributed by atoms with Crippen LogP contribution in [0.15, 0.2) is 140 Å². The first kappa shape index (κ1) is 24.6. The lowest BCUT2D eigenvalue weighted by atomic mass is 9.80. The predicted octanol–water partition coefficient (Wildman–Crippen LogP) is 12.3. The summed E-state index contributed by atoms with van der Waals surface area (Å²) in [5.74, 6) is 0. The average Bonchev–Trinajstić information content (AvgIpc) is 3.55. The molecular weight excluding hydrogens is 555 g/mol. The van der Waals surface area contributed by atoms with Crippen molar-refractivity contribution in [3.05, 3.63) is 151 Å². The fraction of sp³-hybridized carbons (Fsp3) is 0.0667. The normalized spacial score (nSPS) is 14.0. The fourth-order valence-electron chi connectivity index (χ4n) is 9.13. The minimum absolute atomic E-state index is 0.0787. The summed E-state index contributed by atoms with van der Waals surface area (Å²) in [6.07, 6.45) is 0. The van der Waals surface area contributed by atoms with Gasteiger partial charge in [0.1, 0.15) is 0 Å². The van der Waals surface area contributed by atoms with Gasteiger partial charge in [-0.25, -0.2) is 0 Å². The van der Waals surface area contributed by atoms with E-state index in [1.165, 1.54) is 104 Å². The highest BCUT2D eigenvalue weighted by Crippen LogP contribution is 2.55. The molecule has 1 aliphatic rings. The van der Waals surface area contributed by atoms with Gasteiger partial charge in [0.05, 0.1) is 16.7 Å². The van der Waals surface area contributed by atoms with Gasteiger partial charge in [-0.3, -0.25) is 0 Å². The van der Waals surface area contributed by atoms with Crippen LogP contribution >= 0.6 is 0 Å². The van der Waals surface area contributed by atoms with Gasteiger partial charge in [-0.2, -0.15) is 0 Å². The minimum Gasteiger partial charge on any atom is -0.309 e. The third-order valence-electron chi connectivity index (χ3n) is 11.1. The van der Waals surface area contributed by atoms with Crippen molar-refractivity contribution >= 4 is 75.7 Å². The second kappa shape index (κ2) is 8.33. The molecule has 0 aliphatic heterocycles. The smallest absolute Gasteiger partial charge is 0.0554 e. The van der Waals surface area contributed by atoms with Crippen LogP contribution in [0.2, 0.25) is 0 Å². The molecule has 1 aromatic heterocycles. The van der Waals surface area contributed by atoms with Crippen LogP contribution in [0.4, 0.5) is 0 Å². The van der Waals surface area contributed by atoms with Crippen molar-refractivity contribution in [1.29, 1.82) is 0 Å². The van der Waals surface area contributed by atoms with Gasteiger partial charge >= 0.3 is 0 Å². The quantitative estimate of drug-likeness (QED) is 0.134. The molecule has 0 saturated heterocycles. The summed E-state index contributed by atoms with van der Waals surface area (Å²) >= 11 is 0. The molecule has 0 atom stereocenters. The van der Waals surface area contributed by atoms with Crippen molar-refractivity contribution in [1.82, 2.24) is 4.57 Å². The second-order valence-corrected chi connectivity index (χ2v) is 13.6. The number of para-hydroxylation sites is 1. The van der Waals surface area contributed by atoms with E-state index in [0.29, 0.717) is 0 Å². The van der Waals surface area contributed by atoms with Crippen LogP contribution in [0.5, 0.6) is 0 Å². The number of rotatable bonds is 1. The van der Waals surface area contributed by atoms with E-state index in [0.717, 1.165) is 0 Å². The highest BCUT2D eigenvalue weighted by molar-refractivity contribution is 6.39. The van der Waals surface area contributed by atoms with Crippen molar-refractivity contribution in [3.63, 3.8) is 0 Å². The summed E-state index contributed by atoms with van der Waals surface area (Å²) in [5, 5.41) is 15.9. The Morgan fingerprint density at radius 2 is 1.02 bits per heavy atom. The zero-order valence-corrected chi connectivity index (χ0v) is 25.7. The first-order valence-electron chi connectivity index (χ1n) is 16.3. The largest absolute Gasteiger partial charge is 0.309 e. The van der Waals surface area contributed by atoms with Gasteiger partial charge in [-0.1, -0.05) is 129 Å².